The molecule has 0 aromatic rings. The summed E-state index contributed by atoms with van der Waals surface area (Å²) in [6.07, 6.45) is 4.52. The van der Waals surface area contributed by atoms with Gasteiger partial charge in [0.15, 0.2) is 0 Å². The average Bonchev–Trinajstić information content (AvgIpc) is 2.41. The molecule has 0 aromatic heterocycles. The van der Waals surface area contributed by atoms with Gasteiger partial charge in [0.1, 0.15) is 0 Å². The second-order valence-corrected chi connectivity index (χ2v) is 4.90. The van der Waals surface area contributed by atoms with Gasteiger partial charge in [-0.1, -0.05) is 25.8 Å². The van der Waals surface area contributed by atoms with Crippen molar-refractivity contribution in [3.8, 4) is 0 Å². The summed E-state index contributed by atoms with van der Waals surface area (Å²) in [6.45, 7) is 7.83. The number of aliphatic carboxylic acids is 2. The zero-order valence-electron chi connectivity index (χ0n) is 12.7. The van der Waals surface area contributed by atoms with E-state index in [0.717, 1.165) is 50.8 Å². The summed E-state index contributed by atoms with van der Waals surface area (Å²) in [5.41, 5.74) is 0.922. The van der Waals surface area contributed by atoms with Crippen LogP contribution in [-0.4, -0.2) is 35.2 Å². The Morgan fingerprint density at radius 2 is 1.60 bits per heavy atom. The van der Waals surface area contributed by atoms with Crippen LogP contribution in [0, 0.1) is 5.92 Å². The van der Waals surface area contributed by atoms with Gasteiger partial charge in [-0.25, -0.2) is 4.79 Å². The Kier molecular flexibility index (Phi) is 9.72. The number of rotatable bonds is 5. The van der Waals surface area contributed by atoms with Crippen molar-refractivity contribution in [3.63, 3.8) is 0 Å². The molecule has 3 N–H and O–H groups in total. The standard InChI is InChI=1S/C11H16O4.C4H11N/c1-7(10(12)13)9(11(14)15)8-5-3-2-4-6-8;1-3-5-4-2/h7H,2-6H2,1H3,(H,12,13)(H,14,15);5H,3-4H2,1-2H3. The Labute approximate surface area is 121 Å². The Hall–Kier alpha value is -1.36. The lowest BCUT2D eigenvalue weighted by Crippen LogP contribution is -2.21. The fourth-order valence-electron chi connectivity index (χ4n) is 2.26. The predicted octanol–water partition coefficient (Wildman–Crippen LogP) is 2.67. The first kappa shape index (κ1) is 18.6. The highest BCUT2D eigenvalue weighted by Crippen LogP contribution is 2.29. The lowest BCUT2D eigenvalue weighted by Gasteiger charge is -2.19. The van der Waals surface area contributed by atoms with E-state index in [9.17, 15) is 9.59 Å². The number of hydrogen-bond acceptors (Lipinski definition) is 3. The maximum absolute atomic E-state index is 11.0. The lowest BCUT2D eigenvalue weighted by atomic mass is 9.86. The Bertz CT molecular complexity index is 340. The topological polar surface area (TPSA) is 86.6 Å². The number of nitrogens with one attached hydrogen (secondary N) is 1. The van der Waals surface area contributed by atoms with E-state index in [1.807, 2.05) is 0 Å². The maximum Gasteiger partial charge on any atom is 0.332 e. The molecule has 20 heavy (non-hydrogen) atoms. The molecule has 0 saturated heterocycles. The molecule has 1 fully saturated rings. The van der Waals surface area contributed by atoms with E-state index in [1.54, 1.807) is 0 Å². The van der Waals surface area contributed by atoms with Gasteiger partial charge in [0.2, 0.25) is 0 Å². The van der Waals surface area contributed by atoms with Crippen LogP contribution in [0.25, 0.3) is 0 Å². The van der Waals surface area contributed by atoms with Crippen LogP contribution in [0.2, 0.25) is 0 Å². The third-order valence-corrected chi connectivity index (χ3v) is 3.37. The molecule has 5 nitrogen and oxygen atoms in total. The summed E-state index contributed by atoms with van der Waals surface area (Å²) in [5.74, 6) is -3.05. The van der Waals surface area contributed by atoms with Crippen molar-refractivity contribution in [2.24, 2.45) is 5.92 Å². The van der Waals surface area contributed by atoms with Gasteiger partial charge < -0.3 is 15.5 Å². The molecule has 0 aromatic carbocycles. The van der Waals surface area contributed by atoms with Crippen molar-refractivity contribution >= 4 is 11.9 Å². The van der Waals surface area contributed by atoms with E-state index in [-0.39, 0.29) is 5.57 Å². The molecule has 0 bridgehead atoms. The maximum atomic E-state index is 11.0. The van der Waals surface area contributed by atoms with Crippen LogP contribution in [0.3, 0.4) is 0 Å². The summed E-state index contributed by atoms with van der Waals surface area (Å²) < 4.78 is 0. The van der Waals surface area contributed by atoms with Gasteiger partial charge in [0.05, 0.1) is 11.5 Å². The van der Waals surface area contributed by atoms with E-state index < -0.39 is 17.9 Å². The van der Waals surface area contributed by atoms with E-state index in [4.69, 9.17) is 10.2 Å². The highest BCUT2D eigenvalue weighted by Gasteiger charge is 2.26. The molecule has 1 unspecified atom stereocenters. The van der Waals surface area contributed by atoms with E-state index >= 15 is 0 Å². The van der Waals surface area contributed by atoms with Crippen LogP contribution < -0.4 is 5.32 Å². The molecule has 1 rings (SSSR count). The third-order valence-electron chi connectivity index (χ3n) is 3.37. The predicted molar refractivity (Wildman–Crippen MR) is 78.8 cm³/mol. The average molecular weight is 285 g/mol. The number of carboxylic acid groups (broad SMARTS) is 2. The fraction of sp³-hybridized carbons (Fsp3) is 0.733. The monoisotopic (exact) mass is 285 g/mol. The SMILES string of the molecule is CC(C(=O)O)C(C(=O)O)=C1CCCCC1.CCNCC. The van der Waals surface area contributed by atoms with Crippen molar-refractivity contribution in [3.05, 3.63) is 11.1 Å². The molecule has 0 heterocycles. The molecule has 1 atom stereocenters. The van der Waals surface area contributed by atoms with Crippen LogP contribution in [0.1, 0.15) is 52.9 Å². The third kappa shape index (κ3) is 6.70. The second-order valence-electron chi connectivity index (χ2n) is 4.90. The minimum absolute atomic E-state index is 0.0993. The quantitative estimate of drug-likeness (QED) is 0.676. The number of carbonyl (C=O) groups is 2. The molecule has 1 aliphatic rings. The van der Waals surface area contributed by atoms with Crippen molar-refractivity contribution < 1.29 is 19.8 Å². The van der Waals surface area contributed by atoms with Gasteiger partial charge in [-0.05, 0) is 45.7 Å². The summed E-state index contributed by atoms with van der Waals surface area (Å²) in [5, 5.41) is 21.0. The van der Waals surface area contributed by atoms with Crippen LogP contribution in [0.4, 0.5) is 0 Å². The molecule has 0 spiro atoms. The number of allylic oxidation sites excluding steroid dienone is 1. The second kappa shape index (κ2) is 10.4. The van der Waals surface area contributed by atoms with Crippen molar-refractivity contribution in [2.45, 2.75) is 52.9 Å². The Balaban J connectivity index is 0.000000621. The summed E-state index contributed by atoms with van der Waals surface area (Å²) in [4.78, 5) is 21.8. The Morgan fingerprint density at radius 1 is 1.10 bits per heavy atom. The molecule has 5 heteroatoms. The molecule has 116 valence electrons. The molecule has 1 saturated carbocycles. The summed E-state index contributed by atoms with van der Waals surface area (Å²) >= 11 is 0. The van der Waals surface area contributed by atoms with Crippen molar-refractivity contribution in [1.29, 1.82) is 0 Å². The van der Waals surface area contributed by atoms with Gasteiger partial charge in [0, 0.05) is 0 Å². The normalized spacial score (nSPS) is 15.8. The molecule has 0 amide bonds. The van der Waals surface area contributed by atoms with E-state index in [1.165, 1.54) is 6.92 Å². The molecule has 0 aliphatic heterocycles. The summed E-state index contributed by atoms with van der Waals surface area (Å²) in [7, 11) is 0. The first-order valence-electron chi connectivity index (χ1n) is 7.34. The van der Waals surface area contributed by atoms with E-state index in [0.29, 0.717) is 0 Å². The first-order valence-corrected chi connectivity index (χ1v) is 7.34. The number of carboxylic acids is 2. The van der Waals surface area contributed by atoms with Crippen molar-refractivity contribution in [1.82, 2.24) is 5.32 Å². The van der Waals surface area contributed by atoms with Gasteiger partial charge >= 0.3 is 11.9 Å². The van der Waals surface area contributed by atoms with Crippen LogP contribution in [-0.2, 0) is 9.59 Å². The van der Waals surface area contributed by atoms with Crippen LogP contribution in [0.15, 0.2) is 11.1 Å². The molecule has 0 radical (unpaired) electrons. The smallest absolute Gasteiger partial charge is 0.332 e. The summed E-state index contributed by atoms with van der Waals surface area (Å²) in [6, 6.07) is 0. The largest absolute Gasteiger partial charge is 0.481 e. The van der Waals surface area contributed by atoms with Gasteiger partial charge in [-0.3, -0.25) is 4.79 Å². The molecule has 1 aliphatic carbocycles. The zero-order valence-corrected chi connectivity index (χ0v) is 12.7. The lowest BCUT2D eigenvalue weighted by molar-refractivity contribution is -0.143. The number of hydrogen-bond donors (Lipinski definition) is 3. The van der Waals surface area contributed by atoms with Crippen LogP contribution >= 0.6 is 0 Å². The minimum Gasteiger partial charge on any atom is -0.481 e. The highest BCUT2D eigenvalue weighted by molar-refractivity contribution is 5.94. The minimum atomic E-state index is -1.08. The zero-order chi connectivity index (χ0) is 15.5. The van der Waals surface area contributed by atoms with Gasteiger partial charge in [-0.2, -0.15) is 0 Å². The molecular formula is C15H27NO4. The highest BCUT2D eigenvalue weighted by atomic mass is 16.4. The first-order chi connectivity index (χ1) is 9.45. The van der Waals surface area contributed by atoms with E-state index in [2.05, 4.69) is 19.2 Å². The van der Waals surface area contributed by atoms with Crippen LogP contribution in [0.5, 0.6) is 0 Å². The van der Waals surface area contributed by atoms with Gasteiger partial charge in [-0.15, -0.1) is 0 Å². The molecular weight excluding hydrogens is 258 g/mol. The van der Waals surface area contributed by atoms with Crippen molar-refractivity contribution in [2.75, 3.05) is 13.1 Å². The Morgan fingerprint density at radius 3 is 1.90 bits per heavy atom. The fourth-order valence-corrected chi connectivity index (χ4v) is 2.26. The van der Waals surface area contributed by atoms with Gasteiger partial charge in [0.25, 0.3) is 0 Å².